The zero-order chi connectivity index (χ0) is 18.4. The second-order valence-corrected chi connectivity index (χ2v) is 7.23. The molecule has 0 spiro atoms. The van der Waals surface area contributed by atoms with E-state index in [2.05, 4.69) is 15.4 Å². The number of hydrogen-bond acceptors (Lipinski definition) is 5. The molecule has 5 nitrogen and oxygen atoms in total. The summed E-state index contributed by atoms with van der Waals surface area (Å²) in [6.45, 7) is 3.90. The van der Waals surface area contributed by atoms with Crippen molar-refractivity contribution in [1.29, 1.82) is 0 Å². The van der Waals surface area contributed by atoms with E-state index < -0.39 is 0 Å². The van der Waals surface area contributed by atoms with Crippen LogP contribution in [-0.2, 0) is 11.3 Å². The minimum Gasteiger partial charge on any atom is -0.383 e. The fourth-order valence-electron chi connectivity index (χ4n) is 2.44. The zero-order valence-corrected chi connectivity index (χ0v) is 16.3. The number of ether oxygens (including phenoxy) is 1. The number of aromatic nitrogens is 3. The summed E-state index contributed by atoms with van der Waals surface area (Å²) >= 11 is 7.91. The number of benzene rings is 1. The number of nitrogens with one attached hydrogen (secondary N) is 1. The number of rotatable bonds is 8. The van der Waals surface area contributed by atoms with Gasteiger partial charge in [-0.2, -0.15) is 5.10 Å². The van der Waals surface area contributed by atoms with E-state index in [-0.39, 0.29) is 0 Å². The van der Waals surface area contributed by atoms with E-state index in [9.17, 15) is 0 Å². The van der Waals surface area contributed by atoms with Crippen LogP contribution in [0.1, 0.15) is 11.3 Å². The van der Waals surface area contributed by atoms with E-state index >= 15 is 0 Å². The first-order valence-corrected chi connectivity index (χ1v) is 9.50. The minimum atomic E-state index is 0.533. The Bertz CT molecular complexity index is 873. The molecule has 26 heavy (non-hydrogen) atoms. The Hall–Kier alpha value is -2.15. The van der Waals surface area contributed by atoms with Crippen LogP contribution >= 0.6 is 22.9 Å². The lowest BCUT2D eigenvalue weighted by Gasteiger charge is -2.01. The van der Waals surface area contributed by atoms with E-state index in [4.69, 9.17) is 16.3 Å². The fourth-order valence-corrected chi connectivity index (χ4v) is 3.56. The van der Waals surface area contributed by atoms with Crippen LogP contribution in [0.15, 0.2) is 47.6 Å². The molecular formula is C19H21ClN4OS. The van der Waals surface area contributed by atoms with E-state index in [1.54, 1.807) is 18.4 Å². The van der Waals surface area contributed by atoms with Gasteiger partial charge in [-0.1, -0.05) is 53.3 Å². The molecule has 0 fully saturated rings. The van der Waals surface area contributed by atoms with Gasteiger partial charge in [0.1, 0.15) is 5.69 Å². The first-order valence-electron chi connectivity index (χ1n) is 8.31. The first kappa shape index (κ1) is 18.6. The molecule has 3 rings (SSSR count). The van der Waals surface area contributed by atoms with Crippen molar-refractivity contribution in [3.8, 4) is 10.6 Å². The maximum absolute atomic E-state index is 6.33. The number of aryl methyl sites for hydroxylation is 1. The van der Waals surface area contributed by atoms with Crippen LogP contribution in [-0.4, -0.2) is 35.0 Å². The second-order valence-electron chi connectivity index (χ2n) is 5.75. The molecule has 2 heterocycles. The zero-order valence-electron chi connectivity index (χ0n) is 14.8. The minimum absolute atomic E-state index is 0.533. The van der Waals surface area contributed by atoms with Crippen molar-refractivity contribution in [2.24, 2.45) is 0 Å². The largest absolute Gasteiger partial charge is 0.383 e. The molecule has 0 saturated heterocycles. The summed E-state index contributed by atoms with van der Waals surface area (Å²) in [6.07, 6.45) is 3.91. The number of anilines is 1. The molecule has 7 heteroatoms. The van der Waals surface area contributed by atoms with Crippen molar-refractivity contribution in [3.05, 3.63) is 58.9 Å². The van der Waals surface area contributed by atoms with Gasteiger partial charge in [0.05, 0.1) is 30.3 Å². The van der Waals surface area contributed by atoms with Gasteiger partial charge < -0.3 is 10.1 Å². The van der Waals surface area contributed by atoms with Gasteiger partial charge >= 0.3 is 0 Å². The number of nitrogens with zero attached hydrogens (tertiary/aromatic N) is 3. The van der Waals surface area contributed by atoms with Crippen molar-refractivity contribution < 1.29 is 4.74 Å². The molecule has 2 aromatic heterocycles. The molecule has 0 amide bonds. The standard InChI is InChI=1S/C19H21ClN4OS/c1-14-18(17-8-9-24(23-17)10-11-25-2)26-19(22-14)21-13-16(20)12-15-6-4-3-5-7-15/h3-9,12H,10-11,13H2,1-2H3,(H,21,22). The third-order valence-corrected chi connectivity index (χ3v) is 5.11. The van der Waals surface area contributed by atoms with E-state index in [0.29, 0.717) is 13.2 Å². The predicted molar refractivity (Wildman–Crippen MR) is 109 cm³/mol. The Morgan fingerprint density at radius 1 is 1.31 bits per heavy atom. The molecule has 0 atom stereocenters. The van der Waals surface area contributed by atoms with Gasteiger partial charge in [0.15, 0.2) is 5.13 Å². The van der Waals surface area contributed by atoms with Crippen LogP contribution in [0, 0.1) is 6.92 Å². The Kier molecular flexibility index (Phi) is 6.44. The predicted octanol–water partition coefficient (Wildman–Crippen LogP) is 4.65. The van der Waals surface area contributed by atoms with Crippen LogP contribution in [0.2, 0.25) is 0 Å². The van der Waals surface area contributed by atoms with Crippen molar-refractivity contribution >= 4 is 34.1 Å². The molecule has 0 aliphatic heterocycles. The highest BCUT2D eigenvalue weighted by Crippen LogP contribution is 2.31. The Morgan fingerprint density at radius 2 is 2.12 bits per heavy atom. The monoisotopic (exact) mass is 388 g/mol. The molecule has 136 valence electrons. The summed E-state index contributed by atoms with van der Waals surface area (Å²) < 4.78 is 6.97. The third-order valence-electron chi connectivity index (χ3n) is 3.73. The number of halogens is 1. The Morgan fingerprint density at radius 3 is 2.88 bits per heavy atom. The smallest absolute Gasteiger partial charge is 0.183 e. The fraction of sp³-hybridized carbons (Fsp3) is 0.263. The summed E-state index contributed by atoms with van der Waals surface area (Å²) in [5.74, 6) is 0. The molecule has 0 unspecified atom stereocenters. The highest BCUT2D eigenvalue weighted by atomic mass is 35.5. The molecule has 0 radical (unpaired) electrons. The highest BCUT2D eigenvalue weighted by molar-refractivity contribution is 7.19. The number of methoxy groups -OCH3 is 1. The van der Waals surface area contributed by atoms with Crippen molar-refractivity contribution in [2.45, 2.75) is 13.5 Å². The lowest BCUT2D eigenvalue weighted by molar-refractivity contribution is 0.183. The molecule has 3 aromatic rings. The van der Waals surface area contributed by atoms with Gasteiger partial charge in [-0.05, 0) is 24.6 Å². The Labute approximate surface area is 162 Å². The number of thiazole rings is 1. The summed E-state index contributed by atoms with van der Waals surface area (Å²) in [7, 11) is 1.69. The van der Waals surface area contributed by atoms with Crippen LogP contribution in [0.25, 0.3) is 16.6 Å². The highest BCUT2D eigenvalue weighted by Gasteiger charge is 2.12. The van der Waals surface area contributed by atoms with Crippen LogP contribution < -0.4 is 5.32 Å². The maximum Gasteiger partial charge on any atom is 0.183 e. The van der Waals surface area contributed by atoms with E-state index in [1.165, 1.54) is 0 Å². The summed E-state index contributed by atoms with van der Waals surface area (Å²) in [5.41, 5.74) is 2.96. The Balaban J connectivity index is 1.64. The quantitative estimate of drug-likeness (QED) is 0.610. The van der Waals surface area contributed by atoms with Crippen LogP contribution in [0.5, 0.6) is 0 Å². The molecule has 0 aliphatic rings. The van der Waals surface area contributed by atoms with Gasteiger partial charge in [0, 0.05) is 18.3 Å². The topological polar surface area (TPSA) is 52.0 Å². The first-order chi connectivity index (χ1) is 12.7. The number of hydrogen-bond donors (Lipinski definition) is 1. The van der Waals surface area contributed by atoms with Gasteiger partial charge in [-0.15, -0.1) is 0 Å². The van der Waals surface area contributed by atoms with Gasteiger partial charge in [0.25, 0.3) is 0 Å². The van der Waals surface area contributed by atoms with Gasteiger partial charge in [-0.3, -0.25) is 4.68 Å². The molecule has 0 aliphatic carbocycles. The van der Waals surface area contributed by atoms with Crippen molar-refractivity contribution in [3.63, 3.8) is 0 Å². The normalized spacial score (nSPS) is 11.7. The summed E-state index contributed by atoms with van der Waals surface area (Å²) in [6, 6.07) is 12.0. The lowest BCUT2D eigenvalue weighted by Crippen LogP contribution is -2.04. The molecule has 1 aromatic carbocycles. The summed E-state index contributed by atoms with van der Waals surface area (Å²) in [5, 5.41) is 9.44. The van der Waals surface area contributed by atoms with Gasteiger partial charge in [0.2, 0.25) is 0 Å². The average Bonchev–Trinajstić information content (AvgIpc) is 3.25. The van der Waals surface area contributed by atoms with Crippen LogP contribution in [0.4, 0.5) is 5.13 Å². The van der Waals surface area contributed by atoms with E-state index in [1.807, 2.05) is 60.3 Å². The molecule has 0 saturated carbocycles. The van der Waals surface area contributed by atoms with Crippen molar-refractivity contribution in [1.82, 2.24) is 14.8 Å². The van der Waals surface area contributed by atoms with Gasteiger partial charge in [-0.25, -0.2) is 4.98 Å². The second kappa shape index (κ2) is 8.98. The van der Waals surface area contributed by atoms with Crippen molar-refractivity contribution in [2.75, 3.05) is 25.6 Å². The lowest BCUT2D eigenvalue weighted by atomic mass is 10.2. The van der Waals surface area contributed by atoms with Crippen LogP contribution in [0.3, 0.4) is 0 Å². The molecular weight excluding hydrogens is 368 g/mol. The van der Waals surface area contributed by atoms with E-state index in [0.717, 1.165) is 38.5 Å². The SMILES string of the molecule is COCCn1ccc(-c2sc(NCC(Cl)=Cc3ccccc3)nc2C)n1. The molecule has 0 bridgehead atoms. The maximum atomic E-state index is 6.33. The third kappa shape index (κ3) is 4.94. The average molecular weight is 389 g/mol. The molecule has 1 N–H and O–H groups in total. The summed E-state index contributed by atoms with van der Waals surface area (Å²) in [4.78, 5) is 5.65.